The molecule has 10 heteroatoms. The van der Waals surface area contributed by atoms with E-state index in [2.05, 4.69) is 48.2 Å². The third-order valence-electron chi connectivity index (χ3n) is 8.50. The minimum absolute atomic E-state index is 0.0391. The minimum Gasteiger partial charge on any atom is -0.493 e. The molecule has 2 heterocycles. The van der Waals surface area contributed by atoms with Crippen LogP contribution in [0.4, 0.5) is 11.4 Å². The van der Waals surface area contributed by atoms with E-state index in [1.807, 2.05) is 59.4 Å². The van der Waals surface area contributed by atoms with E-state index in [0.29, 0.717) is 49.1 Å². The van der Waals surface area contributed by atoms with Gasteiger partial charge in [0.25, 0.3) is 11.8 Å². The maximum Gasteiger partial charge on any atom is 0.264 e. The van der Waals surface area contributed by atoms with Crippen LogP contribution >= 0.6 is 0 Å². The molecule has 2 aromatic heterocycles. The van der Waals surface area contributed by atoms with E-state index in [0.717, 1.165) is 65.0 Å². The van der Waals surface area contributed by atoms with Crippen LogP contribution in [0.1, 0.15) is 96.6 Å². The van der Waals surface area contributed by atoms with Gasteiger partial charge < -0.3 is 19.3 Å². The second-order valence-corrected chi connectivity index (χ2v) is 13.5. The number of azo groups is 2. The van der Waals surface area contributed by atoms with Crippen molar-refractivity contribution in [2.24, 2.45) is 32.3 Å². The molecule has 0 aliphatic rings. The zero-order valence-electron chi connectivity index (χ0n) is 28.8. The first-order valence-electron chi connectivity index (χ1n) is 17.0. The number of rotatable bonds is 16. The Morgan fingerprint density at radius 1 is 0.638 bits per heavy atom. The Labute approximate surface area is 277 Å². The molecule has 4 aromatic rings. The molecule has 2 N–H and O–H groups in total. The maximum atomic E-state index is 12.5. The number of unbranched alkanes of at least 4 members (excludes halogenated alkanes) is 4. The molecule has 0 spiro atoms. The van der Waals surface area contributed by atoms with E-state index in [9.17, 15) is 19.8 Å². The van der Waals surface area contributed by atoms with Crippen molar-refractivity contribution in [3.8, 4) is 11.8 Å². The van der Waals surface area contributed by atoms with E-state index < -0.39 is 0 Å². The largest absolute Gasteiger partial charge is 0.493 e. The fraction of sp³-hybridized carbons (Fsp3) is 0.514. The Morgan fingerprint density at radius 2 is 1.02 bits per heavy atom. The van der Waals surface area contributed by atoms with Crippen LogP contribution in [0, 0.1) is 25.7 Å². The first kappa shape index (κ1) is 35.5. The Kier molecular flexibility index (Phi) is 12.4. The Morgan fingerprint density at radius 3 is 1.40 bits per heavy atom. The lowest BCUT2D eigenvalue weighted by molar-refractivity contribution is -0.119. The molecule has 0 saturated heterocycles. The number of carbonyl (C=O) groups excluding carboxylic acids is 2. The minimum atomic E-state index is -0.320. The number of hydrogen-bond acceptors (Lipinski definition) is 6. The van der Waals surface area contributed by atoms with Crippen molar-refractivity contribution in [1.82, 2.24) is 9.13 Å². The summed E-state index contributed by atoms with van der Waals surface area (Å²) >= 11 is 0. The Balaban J connectivity index is 1.22. The highest BCUT2D eigenvalue weighted by Gasteiger charge is 2.19. The van der Waals surface area contributed by atoms with Gasteiger partial charge in [-0.2, -0.15) is 0 Å². The molecule has 0 bridgehead atoms. The van der Waals surface area contributed by atoms with Crippen molar-refractivity contribution in [1.29, 1.82) is 0 Å². The number of hydrogen-bond donors (Lipinski definition) is 2. The lowest BCUT2D eigenvalue weighted by Crippen LogP contribution is -2.00. The maximum absolute atomic E-state index is 12.5. The predicted octanol–water partition coefficient (Wildman–Crippen LogP) is 10.4. The summed E-state index contributed by atoms with van der Waals surface area (Å²) in [5.74, 6) is 0.409. The lowest BCUT2D eigenvalue weighted by atomic mass is 10.1. The van der Waals surface area contributed by atoms with Crippen LogP contribution in [0.2, 0.25) is 0 Å². The summed E-state index contributed by atoms with van der Waals surface area (Å²) in [6.07, 6.45) is 6.26. The second kappa shape index (κ2) is 16.5. The van der Waals surface area contributed by atoms with Gasteiger partial charge in [-0.1, -0.05) is 70.2 Å². The summed E-state index contributed by atoms with van der Waals surface area (Å²) in [6.45, 7) is 13.9. The van der Waals surface area contributed by atoms with Gasteiger partial charge in [-0.05, 0) is 75.6 Å². The van der Waals surface area contributed by atoms with Crippen molar-refractivity contribution in [3.63, 3.8) is 0 Å². The van der Waals surface area contributed by atoms with E-state index in [-0.39, 0.29) is 36.4 Å². The summed E-state index contributed by atoms with van der Waals surface area (Å²) in [6, 6.07) is 11.9. The Bertz CT molecular complexity index is 1630. The summed E-state index contributed by atoms with van der Waals surface area (Å²) in [4.78, 5) is 25.0. The third-order valence-corrected chi connectivity index (χ3v) is 8.50. The summed E-state index contributed by atoms with van der Waals surface area (Å²) in [5.41, 5.74) is 4.53. The smallest absolute Gasteiger partial charge is 0.264 e. The summed E-state index contributed by atoms with van der Waals surface area (Å²) in [5, 5.41) is 39.6. The molecule has 4 rings (SSSR count). The van der Waals surface area contributed by atoms with Gasteiger partial charge in [-0.25, -0.2) is 0 Å². The number of amides is 2. The van der Waals surface area contributed by atoms with Gasteiger partial charge in [0.1, 0.15) is 0 Å². The molecule has 0 unspecified atom stereocenters. The molecule has 47 heavy (non-hydrogen) atoms. The number of fused-ring (bicyclic) bond motifs is 2. The molecule has 252 valence electrons. The van der Waals surface area contributed by atoms with Crippen LogP contribution in [0.25, 0.3) is 21.8 Å². The second-order valence-electron chi connectivity index (χ2n) is 13.5. The van der Waals surface area contributed by atoms with E-state index in [1.165, 1.54) is 0 Å². The van der Waals surface area contributed by atoms with Gasteiger partial charge in [-0.15, -0.1) is 20.5 Å². The van der Waals surface area contributed by atoms with Gasteiger partial charge in [0.15, 0.2) is 11.4 Å². The average molecular weight is 643 g/mol. The fourth-order valence-electron chi connectivity index (χ4n) is 5.69. The van der Waals surface area contributed by atoms with Crippen LogP contribution in [0.3, 0.4) is 0 Å². The van der Waals surface area contributed by atoms with Gasteiger partial charge in [0.05, 0.1) is 11.0 Å². The molecule has 10 nitrogen and oxygen atoms in total. The zero-order chi connectivity index (χ0) is 34.1. The van der Waals surface area contributed by atoms with Gasteiger partial charge >= 0.3 is 0 Å². The van der Waals surface area contributed by atoms with Gasteiger partial charge in [0.2, 0.25) is 11.8 Å². The fourth-order valence-corrected chi connectivity index (χ4v) is 5.69. The molecule has 0 aliphatic carbocycles. The first-order chi connectivity index (χ1) is 22.5. The average Bonchev–Trinajstić information content (AvgIpc) is 3.43. The van der Waals surface area contributed by atoms with E-state index in [1.54, 1.807) is 0 Å². The van der Waals surface area contributed by atoms with E-state index in [4.69, 9.17) is 0 Å². The van der Waals surface area contributed by atoms with Crippen LogP contribution in [0.5, 0.6) is 11.8 Å². The van der Waals surface area contributed by atoms with E-state index >= 15 is 0 Å². The Hall–Kier alpha value is -4.34. The normalized spacial score (nSPS) is 12.3. The van der Waals surface area contributed by atoms with Crippen molar-refractivity contribution in [3.05, 3.63) is 47.5 Å². The highest BCUT2D eigenvalue weighted by molar-refractivity contribution is 5.96. The number of aromatic hydroxyl groups is 2. The zero-order valence-corrected chi connectivity index (χ0v) is 28.8. The number of benzene rings is 2. The van der Waals surface area contributed by atoms with Crippen LogP contribution in [0.15, 0.2) is 56.9 Å². The van der Waals surface area contributed by atoms with Crippen molar-refractivity contribution >= 4 is 45.0 Å². The molecule has 0 radical (unpaired) electrons. The first-order valence-corrected chi connectivity index (χ1v) is 17.0. The molecular formula is C37H50N6O4. The molecule has 2 aromatic carbocycles. The van der Waals surface area contributed by atoms with Crippen molar-refractivity contribution in [2.45, 2.75) is 112 Å². The lowest BCUT2D eigenvalue weighted by Gasteiger charge is -2.09. The summed E-state index contributed by atoms with van der Waals surface area (Å²) in [7, 11) is 0. The van der Waals surface area contributed by atoms with Crippen LogP contribution in [-0.2, 0) is 22.7 Å². The number of nitrogens with zero attached hydrogens (tertiary/aromatic N) is 6. The molecule has 2 amide bonds. The number of carbonyl (C=O) groups is 2. The third kappa shape index (κ3) is 9.36. The van der Waals surface area contributed by atoms with Crippen LogP contribution < -0.4 is 0 Å². The molecule has 0 fully saturated rings. The molecule has 0 saturated carbocycles. The molecule has 0 aliphatic heterocycles. The standard InChI is InChI=1S/C37H50N6O4/c1-24(2)18-20-42-30-16-14-26(5)22-28(30)34(36(42)46)40-38-32(44)12-10-8-7-9-11-13-33(45)39-41-35-29-23-27(6)15-17-31(29)43(37(35)47)21-19-25(3)4/h14-17,22-25,46-47H,7-13,18-21H2,1-6H3. The van der Waals surface area contributed by atoms with Crippen molar-refractivity contribution < 1.29 is 19.8 Å². The highest BCUT2D eigenvalue weighted by Crippen LogP contribution is 2.41. The van der Waals surface area contributed by atoms with Crippen LogP contribution in [-0.4, -0.2) is 31.2 Å². The molecular weight excluding hydrogens is 592 g/mol. The topological polar surface area (TPSA) is 134 Å². The number of aromatic nitrogens is 2. The van der Waals surface area contributed by atoms with Gasteiger partial charge in [0, 0.05) is 36.7 Å². The van der Waals surface area contributed by atoms with Crippen molar-refractivity contribution in [2.75, 3.05) is 0 Å². The van der Waals surface area contributed by atoms with Gasteiger partial charge in [-0.3, -0.25) is 9.59 Å². The quantitative estimate of drug-likeness (QED) is 0.0928. The highest BCUT2D eigenvalue weighted by atomic mass is 16.3. The SMILES string of the molecule is Cc1ccc2c(c1)c(N=NC(=O)CCCCCCCC(=O)N=Nc1c(O)n(CCC(C)C)c3ccc(C)cc13)c(O)n2CCC(C)C. The predicted molar refractivity (Wildman–Crippen MR) is 187 cm³/mol. The number of aryl methyl sites for hydroxylation is 4. The molecule has 0 atom stereocenters. The summed E-state index contributed by atoms with van der Waals surface area (Å²) < 4.78 is 3.69. The monoisotopic (exact) mass is 642 g/mol.